The molecule has 0 bridgehead atoms. The molecule has 0 atom stereocenters. The summed E-state index contributed by atoms with van der Waals surface area (Å²) in [5.74, 6) is 0.681. The zero-order valence-corrected chi connectivity index (χ0v) is 17.3. The highest BCUT2D eigenvalue weighted by Crippen LogP contribution is 2.22. The van der Waals surface area contributed by atoms with Crippen molar-refractivity contribution >= 4 is 10.1 Å². The van der Waals surface area contributed by atoms with E-state index in [4.69, 9.17) is 9.29 Å². The normalized spacial score (nSPS) is 11.7. The van der Waals surface area contributed by atoms with Gasteiger partial charge in [0, 0.05) is 0 Å². The molecule has 150 valence electrons. The Kier molecular flexibility index (Phi) is 11.6. The molecule has 0 amide bonds. The quantitative estimate of drug-likeness (QED) is 0.284. The van der Waals surface area contributed by atoms with Crippen molar-refractivity contribution in [2.75, 3.05) is 6.61 Å². The Morgan fingerprint density at radius 2 is 1.35 bits per heavy atom. The van der Waals surface area contributed by atoms with E-state index in [1.54, 1.807) is 13.0 Å². The van der Waals surface area contributed by atoms with E-state index in [1.807, 2.05) is 0 Å². The summed E-state index contributed by atoms with van der Waals surface area (Å²) in [6.07, 6.45) is 15.7. The zero-order valence-electron chi connectivity index (χ0n) is 16.5. The van der Waals surface area contributed by atoms with Crippen molar-refractivity contribution in [2.45, 2.75) is 95.8 Å². The Morgan fingerprint density at radius 1 is 0.846 bits per heavy atom. The molecule has 1 rings (SSSR count). The summed E-state index contributed by atoms with van der Waals surface area (Å²) >= 11 is 0. The Morgan fingerprint density at radius 3 is 1.81 bits per heavy atom. The Hall–Kier alpha value is -1.07. The number of benzene rings is 1. The first-order valence-corrected chi connectivity index (χ1v) is 11.6. The van der Waals surface area contributed by atoms with E-state index in [9.17, 15) is 8.42 Å². The third-order valence-electron chi connectivity index (χ3n) is 4.70. The van der Waals surface area contributed by atoms with Crippen LogP contribution >= 0.6 is 0 Å². The van der Waals surface area contributed by atoms with Crippen LogP contribution < -0.4 is 4.74 Å². The monoisotopic (exact) mass is 384 g/mol. The minimum absolute atomic E-state index is 0.0901. The molecule has 4 nitrogen and oxygen atoms in total. The van der Waals surface area contributed by atoms with Crippen molar-refractivity contribution in [1.29, 1.82) is 0 Å². The Balaban J connectivity index is 2.03. The third kappa shape index (κ3) is 10.2. The van der Waals surface area contributed by atoms with Gasteiger partial charge in [-0.2, -0.15) is 8.42 Å². The van der Waals surface area contributed by atoms with Crippen LogP contribution in [0.4, 0.5) is 0 Å². The largest absolute Gasteiger partial charge is 0.493 e. The molecular formula is C21H36O4S. The van der Waals surface area contributed by atoms with Crippen LogP contribution in [0.2, 0.25) is 0 Å². The highest BCUT2D eigenvalue weighted by Gasteiger charge is 2.11. The maximum atomic E-state index is 11.1. The average molecular weight is 385 g/mol. The first kappa shape index (κ1) is 23.0. The molecule has 1 aromatic carbocycles. The molecule has 5 heteroatoms. The van der Waals surface area contributed by atoms with Crippen LogP contribution in [0.25, 0.3) is 0 Å². The lowest BCUT2D eigenvalue weighted by atomic mass is 10.1. The van der Waals surface area contributed by atoms with Crippen molar-refractivity contribution in [3.05, 3.63) is 23.8 Å². The molecule has 0 aromatic heterocycles. The summed E-state index contributed by atoms with van der Waals surface area (Å²) in [6, 6.07) is 4.42. The second kappa shape index (κ2) is 13.2. The standard InChI is InChI=1S/C21H36O4S/c1-3-4-5-6-7-8-9-10-11-12-13-14-17-25-21-16-15-20(18-19(21)2)26(22,23)24/h15-16,18H,3-14,17H2,1-2H3,(H,22,23,24). The van der Waals surface area contributed by atoms with Crippen molar-refractivity contribution in [1.82, 2.24) is 0 Å². The molecule has 26 heavy (non-hydrogen) atoms. The van der Waals surface area contributed by atoms with Crippen molar-refractivity contribution in [3.8, 4) is 5.75 Å². The number of rotatable bonds is 15. The lowest BCUT2D eigenvalue weighted by Gasteiger charge is -2.10. The lowest BCUT2D eigenvalue weighted by Crippen LogP contribution is -2.02. The summed E-state index contributed by atoms with van der Waals surface area (Å²) in [4.78, 5) is -0.0901. The molecular weight excluding hydrogens is 348 g/mol. The predicted molar refractivity (Wildman–Crippen MR) is 108 cm³/mol. The summed E-state index contributed by atoms with van der Waals surface area (Å²) in [5.41, 5.74) is 0.721. The van der Waals surface area contributed by atoms with Gasteiger partial charge in [-0.25, -0.2) is 0 Å². The van der Waals surface area contributed by atoms with E-state index < -0.39 is 10.1 Å². The number of hydrogen-bond acceptors (Lipinski definition) is 3. The van der Waals surface area contributed by atoms with Crippen LogP contribution in [0.5, 0.6) is 5.75 Å². The highest BCUT2D eigenvalue weighted by atomic mass is 32.2. The van der Waals surface area contributed by atoms with E-state index in [2.05, 4.69) is 6.92 Å². The zero-order chi connectivity index (χ0) is 19.3. The molecule has 0 unspecified atom stereocenters. The van der Waals surface area contributed by atoms with Gasteiger partial charge in [0.25, 0.3) is 10.1 Å². The minimum Gasteiger partial charge on any atom is -0.493 e. The molecule has 0 heterocycles. The molecule has 0 saturated carbocycles. The van der Waals surface area contributed by atoms with E-state index >= 15 is 0 Å². The van der Waals surface area contributed by atoms with Crippen LogP contribution in [-0.2, 0) is 10.1 Å². The Labute approximate surface area is 160 Å². The van der Waals surface area contributed by atoms with Crippen LogP contribution in [0.3, 0.4) is 0 Å². The van der Waals surface area contributed by atoms with Crippen molar-refractivity contribution in [2.24, 2.45) is 0 Å². The van der Waals surface area contributed by atoms with E-state index in [-0.39, 0.29) is 4.90 Å². The fourth-order valence-corrected chi connectivity index (χ4v) is 3.64. The minimum atomic E-state index is -4.15. The van der Waals surface area contributed by atoms with Gasteiger partial charge in [0.15, 0.2) is 0 Å². The third-order valence-corrected chi connectivity index (χ3v) is 5.55. The van der Waals surface area contributed by atoms with Gasteiger partial charge < -0.3 is 4.74 Å². The van der Waals surface area contributed by atoms with Crippen LogP contribution in [0, 0.1) is 6.92 Å². The molecule has 0 aliphatic carbocycles. The lowest BCUT2D eigenvalue weighted by molar-refractivity contribution is 0.302. The molecule has 0 radical (unpaired) electrons. The van der Waals surface area contributed by atoms with Gasteiger partial charge in [0.05, 0.1) is 11.5 Å². The van der Waals surface area contributed by atoms with E-state index in [1.165, 1.54) is 82.8 Å². The maximum absolute atomic E-state index is 11.1. The van der Waals surface area contributed by atoms with Crippen molar-refractivity contribution < 1.29 is 17.7 Å². The summed E-state index contributed by atoms with van der Waals surface area (Å²) in [5, 5.41) is 0. The van der Waals surface area contributed by atoms with Gasteiger partial charge in [-0.3, -0.25) is 4.55 Å². The topological polar surface area (TPSA) is 63.6 Å². The molecule has 1 N–H and O–H groups in total. The van der Waals surface area contributed by atoms with Gasteiger partial charge in [0.1, 0.15) is 5.75 Å². The summed E-state index contributed by atoms with van der Waals surface area (Å²) in [6.45, 7) is 4.68. The molecule has 1 aromatic rings. The number of hydrogen-bond donors (Lipinski definition) is 1. The van der Waals surface area contributed by atoms with Gasteiger partial charge in [-0.05, 0) is 37.1 Å². The predicted octanol–water partition coefficient (Wildman–Crippen LogP) is 6.32. The highest BCUT2D eigenvalue weighted by molar-refractivity contribution is 7.85. The van der Waals surface area contributed by atoms with Crippen LogP contribution in [-0.4, -0.2) is 19.6 Å². The number of unbranched alkanes of at least 4 members (excludes halogenated alkanes) is 11. The van der Waals surface area contributed by atoms with Gasteiger partial charge in [-0.1, -0.05) is 77.6 Å². The number of aryl methyl sites for hydroxylation is 1. The Bertz CT molecular complexity index is 596. The van der Waals surface area contributed by atoms with E-state index in [0.29, 0.717) is 12.4 Å². The van der Waals surface area contributed by atoms with Crippen LogP contribution in [0.15, 0.2) is 23.1 Å². The SMILES string of the molecule is CCCCCCCCCCCCCCOc1ccc(S(=O)(=O)O)cc1C. The molecule has 0 spiro atoms. The smallest absolute Gasteiger partial charge is 0.294 e. The second-order valence-corrected chi connectivity index (χ2v) is 8.56. The van der Waals surface area contributed by atoms with Gasteiger partial charge >= 0.3 is 0 Å². The second-order valence-electron chi connectivity index (χ2n) is 7.14. The summed E-state index contributed by atoms with van der Waals surface area (Å²) in [7, 11) is -4.15. The fraction of sp³-hybridized carbons (Fsp3) is 0.714. The van der Waals surface area contributed by atoms with E-state index in [0.717, 1.165) is 12.0 Å². The molecule has 0 fully saturated rings. The molecule has 0 aliphatic rings. The van der Waals surface area contributed by atoms with Gasteiger partial charge in [0.2, 0.25) is 0 Å². The summed E-state index contributed by atoms with van der Waals surface area (Å²) < 4.78 is 36.9. The fourth-order valence-electron chi connectivity index (χ4n) is 3.07. The van der Waals surface area contributed by atoms with Crippen LogP contribution in [0.1, 0.15) is 89.5 Å². The van der Waals surface area contributed by atoms with Gasteiger partial charge in [-0.15, -0.1) is 0 Å². The molecule has 0 saturated heterocycles. The number of ether oxygens (including phenoxy) is 1. The first-order chi connectivity index (χ1) is 12.4. The first-order valence-electron chi connectivity index (χ1n) is 10.2. The molecule has 0 aliphatic heterocycles. The average Bonchev–Trinajstić information content (AvgIpc) is 2.59. The maximum Gasteiger partial charge on any atom is 0.294 e. The van der Waals surface area contributed by atoms with Crippen molar-refractivity contribution in [3.63, 3.8) is 0 Å².